The number of rotatable bonds is 5. The van der Waals surface area contributed by atoms with Crippen molar-refractivity contribution in [1.82, 2.24) is 5.32 Å². The lowest BCUT2D eigenvalue weighted by Gasteiger charge is -2.21. The summed E-state index contributed by atoms with van der Waals surface area (Å²) < 4.78 is 9.92. The molecule has 1 rings (SSSR count). The van der Waals surface area contributed by atoms with Crippen molar-refractivity contribution in [2.24, 2.45) is 0 Å². The molecule has 7 heteroatoms. The molecule has 0 heterocycles. The largest absolute Gasteiger partial charge is 0.456 e. The molecule has 0 saturated carbocycles. The standard InChI is InChI=1S/C16H20BNO5/c1-10(18-15(21)23-16(2,3)4)14(20)22-9-13(19)11-5-7-12(17)8-6-11/h5-8,10H,9H2,1-4H3,(H,18,21)/t10-/m0/s1. The zero-order chi connectivity index (χ0) is 17.6. The van der Waals surface area contributed by atoms with Crippen molar-refractivity contribution in [3.8, 4) is 0 Å². The molecule has 1 N–H and O–H groups in total. The lowest BCUT2D eigenvalue weighted by molar-refractivity contribution is -0.144. The summed E-state index contributed by atoms with van der Waals surface area (Å²) in [6.07, 6.45) is -0.730. The van der Waals surface area contributed by atoms with E-state index < -0.39 is 30.3 Å². The van der Waals surface area contributed by atoms with Crippen molar-refractivity contribution in [1.29, 1.82) is 0 Å². The third kappa shape index (κ3) is 6.99. The fourth-order valence-electron chi connectivity index (χ4n) is 1.56. The van der Waals surface area contributed by atoms with Gasteiger partial charge in [-0.1, -0.05) is 29.7 Å². The van der Waals surface area contributed by atoms with E-state index >= 15 is 0 Å². The molecular formula is C16H20BNO5. The lowest BCUT2D eigenvalue weighted by atomic mass is 9.95. The van der Waals surface area contributed by atoms with Crippen molar-refractivity contribution >= 4 is 31.2 Å². The number of nitrogens with one attached hydrogen (secondary N) is 1. The Kier molecular flexibility index (Phi) is 6.36. The van der Waals surface area contributed by atoms with Crippen LogP contribution < -0.4 is 10.8 Å². The first-order valence-electron chi connectivity index (χ1n) is 7.13. The van der Waals surface area contributed by atoms with Gasteiger partial charge in [0.1, 0.15) is 19.5 Å². The molecule has 0 fully saturated rings. The minimum absolute atomic E-state index is 0.359. The normalized spacial score (nSPS) is 12.2. The van der Waals surface area contributed by atoms with E-state index in [1.165, 1.54) is 6.92 Å². The number of amides is 1. The van der Waals surface area contributed by atoms with Crippen molar-refractivity contribution in [2.45, 2.75) is 39.3 Å². The highest BCUT2D eigenvalue weighted by atomic mass is 16.6. The third-order valence-corrected chi connectivity index (χ3v) is 2.66. The highest BCUT2D eigenvalue weighted by Gasteiger charge is 2.22. The monoisotopic (exact) mass is 317 g/mol. The lowest BCUT2D eigenvalue weighted by Crippen LogP contribution is -2.42. The number of Topliss-reactive ketones (excluding diaryl/α,β-unsaturated/α-hetero) is 1. The zero-order valence-corrected chi connectivity index (χ0v) is 13.7. The maximum atomic E-state index is 11.9. The molecule has 0 unspecified atom stereocenters. The molecule has 122 valence electrons. The Balaban J connectivity index is 2.45. The number of hydrogen-bond acceptors (Lipinski definition) is 5. The van der Waals surface area contributed by atoms with Crippen LogP contribution in [-0.2, 0) is 14.3 Å². The van der Waals surface area contributed by atoms with E-state index in [4.69, 9.17) is 17.3 Å². The van der Waals surface area contributed by atoms with Gasteiger partial charge in [-0.15, -0.1) is 0 Å². The Morgan fingerprint density at radius 2 is 1.74 bits per heavy atom. The van der Waals surface area contributed by atoms with Gasteiger partial charge in [0.15, 0.2) is 12.4 Å². The number of esters is 1. The van der Waals surface area contributed by atoms with Gasteiger partial charge in [-0.2, -0.15) is 0 Å². The summed E-state index contributed by atoms with van der Waals surface area (Å²) in [4.78, 5) is 35.2. The van der Waals surface area contributed by atoms with E-state index in [0.717, 1.165) is 0 Å². The summed E-state index contributed by atoms with van der Waals surface area (Å²) in [5, 5.41) is 2.34. The Labute approximate surface area is 136 Å². The quantitative estimate of drug-likeness (QED) is 0.500. The molecule has 6 nitrogen and oxygen atoms in total. The molecule has 23 heavy (non-hydrogen) atoms. The summed E-state index contributed by atoms with van der Waals surface area (Å²) in [6.45, 7) is 6.16. The molecule has 1 atom stereocenters. The number of carbonyl (C=O) groups excluding carboxylic acids is 3. The van der Waals surface area contributed by atoms with Crippen molar-refractivity contribution in [2.75, 3.05) is 6.61 Å². The number of benzene rings is 1. The molecule has 0 spiro atoms. The number of ketones is 1. The minimum atomic E-state index is -0.927. The van der Waals surface area contributed by atoms with Crippen LogP contribution in [0.5, 0.6) is 0 Å². The van der Waals surface area contributed by atoms with Gasteiger partial charge in [-0.05, 0) is 27.7 Å². The summed E-state index contributed by atoms with van der Waals surface area (Å²) in [5.74, 6) is -1.08. The Hall–Kier alpha value is -2.31. The van der Waals surface area contributed by atoms with E-state index in [-0.39, 0.29) is 5.78 Å². The van der Waals surface area contributed by atoms with E-state index in [0.29, 0.717) is 11.0 Å². The smallest absolute Gasteiger partial charge is 0.408 e. The fraction of sp³-hybridized carbons (Fsp3) is 0.438. The summed E-state index contributed by atoms with van der Waals surface area (Å²) in [7, 11) is 5.53. The Bertz CT molecular complexity index is 577. The van der Waals surface area contributed by atoms with Gasteiger partial charge >= 0.3 is 12.1 Å². The van der Waals surface area contributed by atoms with Gasteiger partial charge in [-0.25, -0.2) is 9.59 Å². The molecule has 0 aliphatic heterocycles. The average Bonchev–Trinajstić information content (AvgIpc) is 2.42. The molecule has 1 aromatic carbocycles. The van der Waals surface area contributed by atoms with Crippen molar-refractivity contribution in [3.63, 3.8) is 0 Å². The van der Waals surface area contributed by atoms with Crippen LogP contribution in [0.1, 0.15) is 38.1 Å². The zero-order valence-electron chi connectivity index (χ0n) is 13.7. The van der Waals surface area contributed by atoms with Gasteiger partial charge in [0.25, 0.3) is 0 Å². The highest BCUT2D eigenvalue weighted by Crippen LogP contribution is 2.07. The first-order valence-corrected chi connectivity index (χ1v) is 7.13. The van der Waals surface area contributed by atoms with Gasteiger partial charge in [0, 0.05) is 5.56 Å². The Morgan fingerprint density at radius 1 is 1.17 bits per heavy atom. The van der Waals surface area contributed by atoms with E-state index in [2.05, 4.69) is 5.32 Å². The molecule has 0 aliphatic rings. The predicted octanol–water partition coefficient (Wildman–Crippen LogP) is 1.12. The fourth-order valence-corrected chi connectivity index (χ4v) is 1.56. The molecule has 0 aliphatic carbocycles. The summed E-state index contributed by atoms with van der Waals surface area (Å²) in [6, 6.07) is 5.34. The first-order chi connectivity index (χ1) is 10.6. The van der Waals surface area contributed by atoms with Crippen LogP contribution >= 0.6 is 0 Å². The maximum absolute atomic E-state index is 11.9. The van der Waals surface area contributed by atoms with Crippen molar-refractivity contribution in [3.05, 3.63) is 29.8 Å². The Morgan fingerprint density at radius 3 is 2.26 bits per heavy atom. The molecule has 2 radical (unpaired) electrons. The van der Waals surface area contributed by atoms with E-state index in [9.17, 15) is 14.4 Å². The van der Waals surface area contributed by atoms with Gasteiger partial charge in [0.2, 0.25) is 0 Å². The van der Waals surface area contributed by atoms with Crippen LogP contribution in [0.25, 0.3) is 0 Å². The van der Waals surface area contributed by atoms with Crippen LogP contribution in [0.15, 0.2) is 24.3 Å². The molecule has 0 bridgehead atoms. The third-order valence-electron chi connectivity index (χ3n) is 2.66. The molecule has 1 aromatic rings. The number of hydrogen-bond donors (Lipinski definition) is 1. The van der Waals surface area contributed by atoms with Gasteiger partial charge in [0.05, 0.1) is 0 Å². The van der Waals surface area contributed by atoms with Crippen LogP contribution in [0.2, 0.25) is 0 Å². The average molecular weight is 317 g/mol. The van der Waals surface area contributed by atoms with Crippen LogP contribution in [0.4, 0.5) is 4.79 Å². The second-order valence-corrected chi connectivity index (χ2v) is 6.02. The number of alkyl carbamates (subject to hydrolysis) is 1. The molecular weight excluding hydrogens is 297 g/mol. The second kappa shape index (κ2) is 7.81. The summed E-state index contributed by atoms with van der Waals surface area (Å²) in [5.41, 5.74) is 0.257. The predicted molar refractivity (Wildman–Crippen MR) is 86.0 cm³/mol. The van der Waals surface area contributed by atoms with Crippen LogP contribution in [0, 0.1) is 0 Å². The number of ether oxygens (including phenoxy) is 2. The van der Waals surface area contributed by atoms with E-state index in [1.807, 2.05) is 0 Å². The SMILES string of the molecule is [B]c1ccc(C(=O)COC(=O)[C@H](C)NC(=O)OC(C)(C)C)cc1. The van der Waals surface area contributed by atoms with Crippen LogP contribution in [0.3, 0.4) is 0 Å². The van der Waals surface area contributed by atoms with Gasteiger partial charge in [-0.3, -0.25) is 4.79 Å². The highest BCUT2D eigenvalue weighted by molar-refractivity contribution is 6.32. The molecule has 0 saturated heterocycles. The van der Waals surface area contributed by atoms with E-state index in [1.54, 1.807) is 45.0 Å². The molecule has 1 amide bonds. The first kappa shape index (κ1) is 18.7. The van der Waals surface area contributed by atoms with Crippen molar-refractivity contribution < 1.29 is 23.9 Å². The summed E-state index contributed by atoms with van der Waals surface area (Å²) >= 11 is 0. The second-order valence-electron chi connectivity index (χ2n) is 6.02. The molecule has 0 aromatic heterocycles. The number of carbonyl (C=O) groups is 3. The maximum Gasteiger partial charge on any atom is 0.408 e. The topological polar surface area (TPSA) is 81.7 Å². The minimum Gasteiger partial charge on any atom is -0.456 e. The van der Waals surface area contributed by atoms with Gasteiger partial charge < -0.3 is 14.8 Å². The van der Waals surface area contributed by atoms with Crippen LogP contribution in [-0.4, -0.2) is 43.9 Å².